The van der Waals surface area contributed by atoms with E-state index in [1.807, 2.05) is 6.07 Å². The summed E-state index contributed by atoms with van der Waals surface area (Å²) < 4.78 is 40.3. The summed E-state index contributed by atoms with van der Waals surface area (Å²) >= 11 is 7.45. The average Bonchev–Trinajstić information content (AvgIpc) is 3.27. The number of alkyl halides is 3. The molecule has 1 amide bonds. The van der Waals surface area contributed by atoms with Crippen LogP contribution in [0.5, 0.6) is 0 Å². The van der Waals surface area contributed by atoms with Gasteiger partial charge in [-0.1, -0.05) is 41.9 Å². The molecule has 2 aromatic heterocycles. The lowest BCUT2D eigenvalue weighted by atomic mass is 10.1. The zero-order valence-electron chi connectivity index (χ0n) is 14.7. The van der Waals surface area contributed by atoms with Crippen molar-refractivity contribution in [1.29, 1.82) is 0 Å². The molecule has 9 heteroatoms. The van der Waals surface area contributed by atoms with Crippen LogP contribution in [0.4, 0.5) is 13.2 Å². The molecule has 4 nitrogen and oxygen atoms in total. The molecule has 0 fully saturated rings. The van der Waals surface area contributed by atoms with E-state index in [2.05, 4.69) is 10.3 Å². The van der Waals surface area contributed by atoms with Gasteiger partial charge in [0.2, 0.25) is 0 Å². The van der Waals surface area contributed by atoms with Crippen LogP contribution < -0.4 is 5.32 Å². The molecule has 0 saturated carbocycles. The predicted octanol–water partition coefficient (Wildman–Crippen LogP) is 5.67. The van der Waals surface area contributed by atoms with E-state index < -0.39 is 17.6 Å². The Bertz CT molecular complexity index is 1180. The van der Waals surface area contributed by atoms with Crippen LogP contribution in [-0.4, -0.2) is 15.3 Å². The summed E-state index contributed by atoms with van der Waals surface area (Å²) in [6.45, 7) is 0.204. The van der Waals surface area contributed by atoms with Gasteiger partial charge in [0.25, 0.3) is 5.91 Å². The zero-order valence-corrected chi connectivity index (χ0v) is 16.3. The van der Waals surface area contributed by atoms with Crippen LogP contribution in [0.15, 0.2) is 60.1 Å². The number of aromatic nitrogens is 2. The second-order valence-corrected chi connectivity index (χ2v) is 7.49. The van der Waals surface area contributed by atoms with E-state index >= 15 is 0 Å². The van der Waals surface area contributed by atoms with Gasteiger partial charge in [-0.25, -0.2) is 4.98 Å². The number of hydrogen-bond donors (Lipinski definition) is 1. The quantitative estimate of drug-likeness (QED) is 0.449. The van der Waals surface area contributed by atoms with E-state index in [0.717, 1.165) is 17.7 Å². The highest BCUT2D eigenvalue weighted by Crippen LogP contribution is 2.33. The molecule has 4 aromatic rings. The minimum Gasteiger partial charge on any atom is -0.346 e. The zero-order chi connectivity index (χ0) is 20.6. The SMILES string of the molecule is O=C(NCc1ccccc1Cl)c1nc2sccn2c1-c1ccc(C(F)(F)F)cc1. The molecule has 0 bridgehead atoms. The highest BCUT2D eigenvalue weighted by atomic mass is 35.5. The third kappa shape index (κ3) is 3.86. The predicted molar refractivity (Wildman–Crippen MR) is 106 cm³/mol. The molecule has 0 radical (unpaired) electrons. The van der Waals surface area contributed by atoms with Crippen LogP contribution in [-0.2, 0) is 12.7 Å². The largest absolute Gasteiger partial charge is 0.416 e. The fourth-order valence-corrected chi connectivity index (χ4v) is 3.85. The number of carbonyl (C=O) groups is 1. The van der Waals surface area contributed by atoms with Crippen LogP contribution in [0.3, 0.4) is 0 Å². The number of halogens is 4. The van der Waals surface area contributed by atoms with Gasteiger partial charge in [0, 0.05) is 28.7 Å². The number of fused-ring (bicyclic) bond motifs is 1. The van der Waals surface area contributed by atoms with E-state index in [1.165, 1.54) is 23.5 Å². The minimum absolute atomic E-state index is 0.142. The molecule has 148 valence electrons. The molecule has 0 aliphatic rings. The smallest absolute Gasteiger partial charge is 0.346 e. The molecule has 0 aliphatic heterocycles. The second-order valence-electron chi connectivity index (χ2n) is 6.21. The van der Waals surface area contributed by atoms with Crippen LogP contribution in [0.25, 0.3) is 16.2 Å². The Balaban J connectivity index is 1.68. The first kappa shape index (κ1) is 19.5. The normalized spacial score (nSPS) is 11.7. The maximum atomic E-state index is 12.9. The Morgan fingerprint density at radius 1 is 1.14 bits per heavy atom. The van der Waals surface area contributed by atoms with Gasteiger partial charge in [0.1, 0.15) is 0 Å². The number of hydrogen-bond acceptors (Lipinski definition) is 3. The number of thiazole rings is 1. The lowest BCUT2D eigenvalue weighted by molar-refractivity contribution is -0.137. The molecule has 0 atom stereocenters. The first-order valence-corrected chi connectivity index (χ1v) is 9.75. The summed E-state index contributed by atoms with van der Waals surface area (Å²) in [7, 11) is 0. The fourth-order valence-electron chi connectivity index (χ4n) is 2.94. The number of nitrogens with one attached hydrogen (secondary N) is 1. The van der Waals surface area contributed by atoms with Crippen LogP contribution in [0.1, 0.15) is 21.6 Å². The van der Waals surface area contributed by atoms with Crippen molar-refractivity contribution in [1.82, 2.24) is 14.7 Å². The average molecular weight is 436 g/mol. The summed E-state index contributed by atoms with van der Waals surface area (Å²) in [5.41, 5.74) is 1.04. The molecule has 0 unspecified atom stereocenters. The van der Waals surface area contributed by atoms with E-state index in [9.17, 15) is 18.0 Å². The van der Waals surface area contributed by atoms with Gasteiger partial charge in [-0.05, 0) is 23.8 Å². The van der Waals surface area contributed by atoms with Crippen molar-refractivity contribution in [3.63, 3.8) is 0 Å². The third-order valence-corrected chi connectivity index (χ3v) is 5.49. The van der Waals surface area contributed by atoms with Crippen molar-refractivity contribution in [2.45, 2.75) is 12.7 Å². The van der Waals surface area contributed by atoms with Crippen molar-refractivity contribution in [3.8, 4) is 11.3 Å². The molecule has 2 aromatic carbocycles. The first-order chi connectivity index (χ1) is 13.8. The number of benzene rings is 2. The third-order valence-electron chi connectivity index (χ3n) is 4.36. The van der Waals surface area contributed by atoms with E-state index in [0.29, 0.717) is 21.2 Å². The molecule has 0 saturated heterocycles. The van der Waals surface area contributed by atoms with Crippen molar-refractivity contribution in [2.24, 2.45) is 0 Å². The van der Waals surface area contributed by atoms with Crippen molar-refractivity contribution in [2.75, 3.05) is 0 Å². The number of carbonyl (C=O) groups excluding carboxylic acids is 1. The molecular weight excluding hydrogens is 423 g/mol. The Labute approximate surface area is 172 Å². The van der Waals surface area contributed by atoms with Crippen molar-refractivity contribution in [3.05, 3.63) is 82.0 Å². The summed E-state index contributed by atoms with van der Waals surface area (Å²) in [4.78, 5) is 17.8. The van der Waals surface area contributed by atoms with Gasteiger partial charge in [-0.3, -0.25) is 9.20 Å². The van der Waals surface area contributed by atoms with E-state index in [-0.39, 0.29) is 12.2 Å². The Hall–Kier alpha value is -2.84. The topological polar surface area (TPSA) is 46.4 Å². The molecule has 2 heterocycles. The lowest BCUT2D eigenvalue weighted by Gasteiger charge is -2.09. The monoisotopic (exact) mass is 435 g/mol. The highest BCUT2D eigenvalue weighted by molar-refractivity contribution is 7.15. The van der Waals surface area contributed by atoms with Crippen LogP contribution in [0.2, 0.25) is 5.02 Å². The number of imidazole rings is 1. The maximum absolute atomic E-state index is 12.9. The number of nitrogens with zero attached hydrogens (tertiary/aromatic N) is 2. The molecule has 1 N–H and O–H groups in total. The standard InChI is InChI=1S/C20H13ClF3N3OS/c21-15-4-2-1-3-13(15)11-25-18(28)16-17(27-9-10-29-19(27)26-16)12-5-7-14(8-6-12)20(22,23)24/h1-10H,11H2,(H,25,28). The second kappa shape index (κ2) is 7.53. The van der Waals surface area contributed by atoms with Gasteiger partial charge >= 0.3 is 6.18 Å². The lowest BCUT2D eigenvalue weighted by Crippen LogP contribution is -2.24. The number of amides is 1. The summed E-state index contributed by atoms with van der Waals surface area (Å²) in [5, 5.41) is 5.10. The summed E-state index contributed by atoms with van der Waals surface area (Å²) in [6.07, 6.45) is -2.70. The highest BCUT2D eigenvalue weighted by Gasteiger charge is 2.30. The van der Waals surface area contributed by atoms with E-state index in [1.54, 1.807) is 34.2 Å². The van der Waals surface area contributed by atoms with Gasteiger partial charge in [-0.15, -0.1) is 11.3 Å². The molecular formula is C20H13ClF3N3OS. The minimum atomic E-state index is -4.43. The fraction of sp³-hybridized carbons (Fsp3) is 0.100. The van der Waals surface area contributed by atoms with E-state index in [4.69, 9.17) is 11.6 Å². The Morgan fingerprint density at radius 3 is 2.55 bits per heavy atom. The summed E-state index contributed by atoms with van der Waals surface area (Å²) in [6, 6.07) is 11.8. The maximum Gasteiger partial charge on any atom is 0.416 e. The first-order valence-electron chi connectivity index (χ1n) is 8.49. The number of rotatable bonds is 4. The van der Waals surface area contributed by atoms with Crippen LogP contribution >= 0.6 is 22.9 Å². The van der Waals surface area contributed by atoms with Gasteiger partial charge in [-0.2, -0.15) is 13.2 Å². The van der Waals surface area contributed by atoms with Gasteiger partial charge in [0.05, 0.1) is 11.3 Å². The van der Waals surface area contributed by atoms with Gasteiger partial charge < -0.3 is 5.32 Å². The molecule has 29 heavy (non-hydrogen) atoms. The Kier molecular flexibility index (Phi) is 5.06. The van der Waals surface area contributed by atoms with Gasteiger partial charge in [0.15, 0.2) is 10.7 Å². The molecule has 0 spiro atoms. The Morgan fingerprint density at radius 2 is 1.86 bits per heavy atom. The van der Waals surface area contributed by atoms with Crippen molar-refractivity contribution < 1.29 is 18.0 Å². The molecule has 4 rings (SSSR count). The summed E-state index contributed by atoms with van der Waals surface area (Å²) in [5.74, 6) is -0.435. The van der Waals surface area contributed by atoms with Crippen LogP contribution in [0, 0.1) is 0 Å². The van der Waals surface area contributed by atoms with Crippen molar-refractivity contribution >= 4 is 33.8 Å². The molecule has 0 aliphatic carbocycles.